The molecule has 0 atom stereocenters. The Hall–Kier alpha value is -2.42. The number of carbonyl (C=O) groups excluding carboxylic acids is 1. The van der Waals surface area contributed by atoms with Crippen LogP contribution in [0.3, 0.4) is 0 Å². The molecule has 2 aromatic rings. The predicted octanol–water partition coefficient (Wildman–Crippen LogP) is 3.02. The zero-order chi connectivity index (χ0) is 23.3. The summed E-state index contributed by atoms with van der Waals surface area (Å²) in [5.41, 5.74) is 2.90. The van der Waals surface area contributed by atoms with Crippen molar-refractivity contribution in [1.29, 1.82) is 0 Å². The Labute approximate surface area is 200 Å². The molecule has 0 unspecified atom stereocenters. The van der Waals surface area contributed by atoms with E-state index in [2.05, 4.69) is 50.3 Å². The maximum atomic E-state index is 13.0. The zero-order valence-electron chi connectivity index (χ0n) is 20.5. The second-order valence-electron chi connectivity index (χ2n) is 13.0. The molecule has 3 saturated heterocycles. The lowest BCUT2D eigenvalue weighted by Gasteiger charge is -2.63. The molecule has 3 aliphatic heterocycles. The van der Waals surface area contributed by atoms with Gasteiger partial charge in [0.15, 0.2) is 5.82 Å². The van der Waals surface area contributed by atoms with Crippen molar-refractivity contribution >= 4 is 6.03 Å². The molecule has 34 heavy (non-hydrogen) atoms. The fourth-order valence-corrected chi connectivity index (χ4v) is 6.78. The molecule has 7 rings (SSSR count). The van der Waals surface area contributed by atoms with Crippen LogP contribution in [-0.2, 0) is 12.0 Å². The molecule has 5 fully saturated rings. The first kappa shape index (κ1) is 20.9. The summed E-state index contributed by atoms with van der Waals surface area (Å²) < 4.78 is 7.34. The summed E-state index contributed by atoms with van der Waals surface area (Å²) in [6.45, 7) is 13.1. The summed E-state index contributed by atoms with van der Waals surface area (Å²) in [5.74, 6) is 1.64. The van der Waals surface area contributed by atoms with Gasteiger partial charge >= 0.3 is 6.03 Å². The van der Waals surface area contributed by atoms with E-state index < -0.39 is 0 Å². The molecule has 2 aromatic heterocycles. The molecule has 0 aromatic carbocycles. The van der Waals surface area contributed by atoms with Crippen LogP contribution >= 0.6 is 0 Å². The van der Waals surface area contributed by atoms with Gasteiger partial charge in [-0.1, -0.05) is 25.9 Å². The number of rotatable bonds is 4. The maximum absolute atomic E-state index is 13.0. The Morgan fingerprint density at radius 1 is 1.06 bits per heavy atom. The van der Waals surface area contributed by atoms with E-state index in [0.717, 1.165) is 70.2 Å². The third-order valence-electron chi connectivity index (χ3n) is 8.77. The van der Waals surface area contributed by atoms with E-state index >= 15 is 0 Å². The number of urea groups is 1. The maximum Gasteiger partial charge on any atom is 0.320 e. The van der Waals surface area contributed by atoms with Gasteiger partial charge in [-0.3, -0.25) is 4.90 Å². The van der Waals surface area contributed by atoms with Gasteiger partial charge in [0.2, 0.25) is 0 Å². The number of amides is 2. The first-order valence-electron chi connectivity index (χ1n) is 12.8. The molecule has 2 aliphatic carbocycles. The molecule has 0 N–H and O–H groups in total. The van der Waals surface area contributed by atoms with Crippen molar-refractivity contribution in [3.8, 4) is 0 Å². The summed E-state index contributed by atoms with van der Waals surface area (Å²) >= 11 is 0. The lowest BCUT2D eigenvalue weighted by atomic mass is 9.60. The van der Waals surface area contributed by atoms with Crippen LogP contribution < -0.4 is 0 Å². The highest BCUT2D eigenvalue weighted by atomic mass is 16.5. The number of carbonyl (C=O) groups is 1. The minimum absolute atomic E-state index is 0.0431. The van der Waals surface area contributed by atoms with Crippen LogP contribution in [0.2, 0.25) is 0 Å². The van der Waals surface area contributed by atoms with Gasteiger partial charge in [0.05, 0.1) is 6.04 Å². The number of hydrogen-bond acceptors (Lipinski definition) is 6. The third-order valence-corrected chi connectivity index (χ3v) is 8.77. The molecule has 182 valence electrons. The van der Waals surface area contributed by atoms with Crippen LogP contribution in [0.15, 0.2) is 17.1 Å². The van der Waals surface area contributed by atoms with Crippen molar-refractivity contribution < 1.29 is 9.32 Å². The van der Waals surface area contributed by atoms with Crippen molar-refractivity contribution in [1.82, 2.24) is 34.6 Å². The van der Waals surface area contributed by atoms with Crippen LogP contribution in [0, 0.1) is 10.8 Å². The van der Waals surface area contributed by atoms with Crippen molar-refractivity contribution in [2.75, 3.05) is 39.3 Å². The highest BCUT2D eigenvalue weighted by Gasteiger charge is 2.58. The summed E-state index contributed by atoms with van der Waals surface area (Å²) in [5, 5.41) is 8.95. The predicted molar refractivity (Wildman–Crippen MR) is 124 cm³/mol. The van der Waals surface area contributed by atoms with Gasteiger partial charge in [-0.05, 0) is 31.1 Å². The lowest BCUT2D eigenvalue weighted by Crippen LogP contribution is -2.75. The Balaban J connectivity index is 0.856. The molecule has 5 heterocycles. The zero-order valence-corrected chi connectivity index (χ0v) is 20.5. The average Bonchev–Trinajstić information content (AvgIpc) is 3.19. The van der Waals surface area contributed by atoms with Crippen molar-refractivity contribution in [2.45, 2.75) is 70.4 Å². The molecular formula is C25H35N7O2. The van der Waals surface area contributed by atoms with Crippen LogP contribution in [0.1, 0.15) is 75.5 Å². The van der Waals surface area contributed by atoms with Crippen LogP contribution in [0.5, 0.6) is 0 Å². The van der Waals surface area contributed by atoms with Crippen LogP contribution in [0.25, 0.3) is 0 Å². The lowest BCUT2D eigenvalue weighted by molar-refractivity contribution is -0.120. The van der Waals surface area contributed by atoms with E-state index in [1.165, 1.54) is 18.4 Å². The van der Waals surface area contributed by atoms with Gasteiger partial charge in [0, 0.05) is 68.1 Å². The summed E-state index contributed by atoms with van der Waals surface area (Å²) in [7, 11) is 0. The monoisotopic (exact) mass is 465 g/mol. The first-order chi connectivity index (χ1) is 16.2. The van der Waals surface area contributed by atoms with Gasteiger partial charge in [0.1, 0.15) is 18.3 Å². The number of aromatic nitrogens is 4. The Kier molecular flexibility index (Phi) is 4.20. The van der Waals surface area contributed by atoms with Crippen molar-refractivity contribution in [2.24, 2.45) is 10.8 Å². The standard InChI is InChI=1S/C25H35N7O2/c1-23(2,3)19-9-34-28-20(19)8-29-10-25(11-29)14-31(15-25)22(33)30-12-24(13-30)6-18(7-24)32-16-26-21(27-32)17-4-5-17/h9,16-18H,4-8,10-15H2,1-3H3. The number of hydrogen-bond donors (Lipinski definition) is 0. The highest BCUT2D eigenvalue weighted by molar-refractivity contribution is 5.77. The van der Waals surface area contributed by atoms with Gasteiger partial charge < -0.3 is 14.3 Å². The largest absolute Gasteiger partial charge is 0.364 e. The summed E-state index contributed by atoms with van der Waals surface area (Å²) in [6.07, 6.45) is 8.44. The Bertz CT molecular complexity index is 1100. The minimum atomic E-state index is 0.0431. The normalized spacial score (nSPS) is 25.7. The molecule has 2 amide bonds. The van der Waals surface area contributed by atoms with E-state index in [9.17, 15) is 4.79 Å². The topological polar surface area (TPSA) is 83.5 Å². The average molecular weight is 466 g/mol. The van der Waals surface area contributed by atoms with Gasteiger partial charge in [-0.15, -0.1) is 0 Å². The second kappa shape index (κ2) is 6.83. The first-order valence-corrected chi connectivity index (χ1v) is 12.8. The van der Waals surface area contributed by atoms with E-state index in [0.29, 0.717) is 17.4 Å². The van der Waals surface area contributed by atoms with Crippen molar-refractivity contribution in [3.05, 3.63) is 29.7 Å². The van der Waals surface area contributed by atoms with Gasteiger partial charge in [0.25, 0.3) is 0 Å². The van der Waals surface area contributed by atoms with E-state index in [-0.39, 0.29) is 16.9 Å². The quantitative estimate of drug-likeness (QED) is 0.690. The van der Waals surface area contributed by atoms with E-state index in [1.54, 1.807) is 6.26 Å². The van der Waals surface area contributed by atoms with E-state index in [4.69, 9.17) is 9.62 Å². The SMILES string of the molecule is CC(C)(C)c1conc1CN1CC2(C1)CN(C(=O)N1CC3(CC(n4cnc(C5CC5)n4)C3)C1)C2. The molecule has 2 saturated carbocycles. The molecule has 2 spiro atoms. The number of nitrogens with zero attached hydrogens (tertiary/aromatic N) is 7. The minimum Gasteiger partial charge on any atom is -0.364 e. The van der Waals surface area contributed by atoms with Crippen LogP contribution in [0.4, 0.5) is 4.79 Å². The fraction of sp³-hybridized carbons (Fsp3) is 0.760. The fourth-order valence-electron chi connectivity index (χ4n) is 6.78. The summed E-state index contributed by atoms with van der Waals surface area (Å²) in [6, 6.07) is 0.704. The molecular weight excluding hydrogens is 430 g/mol. The summed E-state index contributed by atoms with van der Waals surface area (Å²) in [4.78, 5) is 24.0. The Morgan fingerprint density at radius 2 is 1.74 bits per heavy atom. The smallest absolute Gasteiger partial charge is 0.320 e. The number of likely N-dealkylation sites (tertiary alicyclic amines) is 3. The van der Waals surface area contributed by atoms with Crippen molar-refractivity contribution in [3.63, 3.8) is 0 Å². The highest BCUT2D eigenvalue weighted by Crippen LogP contribution is 2.54. The molecule has 9 heteroatoms. The second-order valence-corrected chi connectivity index (χ2v) is 13.0. The van der Waals surface area contributed by atoms with E-state index in [1.807, 2.05) is 6.33 Å². The van der Waals surface area contributed by atoms with Crippen LogP contribution in [-0.4, -0.2) is 79.9 Å². The van der Waals surface area contributed by atoms with Gasteiger partial charge in [-0.25, -0.2) is 14.5 Å². The third kappa shape index (κ3) is 3.30. The molecule has 0 radical (unpaired) electrons. The Morgan fingerprint density at radius 3 is 2.38 bits per heavy atom. The molecule has 9 nitrogen and oxygen atoms in total. The molecule has 5 aliphatic rings. The van der Waals surface area contributed by atoms with Gasteiger partial charge in [-0.2, -0.15) is 5.10 Å². The molecule has 0 bridgehead atoms.